The number of fused-ring (bicyclic) bond motifs is 1. The van der Waals surface area contributed by atoms with Crippen LogP contribution in [0.1, 0.15) is 48.0 Å². The molecule has 3 aromatic rings. The minimum Gasteiger partial charge on any atom is -0.342 e. The molecule has 7 nitrogen and oxygen atoms in total. The highest BCUT2D eigenvalue weighted by atomic mass is 32.1. The Bertz CT molecular complexity index is 988. The number of nitrogens with zero attached hydrogens (tertiary/aromatic N) is 3. The normalized spacial score (nSPS) is 16.9. The lowest BCUT2D eigenvalue weighted by Crippen LogP contribution is -2.39. The molecular weight excluding hydrogens is 386 g/mol. The first-order valence-corrected chi connectivity index (χ1v) is 10.8. The smallest absolute Gasteiger partial charge is 0.226 e. The second-order valence-electron chi connectivity index (χ2n) is 7.53. The zero-order valence-corrected chi connectivity index (χ0v) is 17.5. The number of benzene rings is 1. The second kappa shape index (κ2) is 8.32. The van der Waals surface area contributed by atoms with Crippen LogP contribution in [-0.4, -0.2) is 44.8 Å². The Balaban J connectivity index is 1.31. The van der Waals surface area contributed by atoms with E-state index < -0.39 is 0 Å². The molecule has 1 atom stereocenters. The molecule has 0 bridgehead atoms. The van der Waals surface area contributed by atoms with Gasteiger partial charge in [0.2, 0.25) is 11.8 Å². The molecule has 1 fully saturated rings. The monoisotopic (exact) mass is 411 g/mol. The molecule has 2 aromatic heterocycles. The molecule has 0 saturated carbocycles. The van der Waals surface area contributed by atoms with Gasteiger partial charge in [0.05, 0.1) is 16.7 Å². The number of H-pyrrole nitrogens is 1. The Labute approximate surface area is 173 Å². The molecular formula is C21H25N5O2S. The van der Waals surface area contributed by atoms with Crippen molar-refractivity contribution in [2.45, 2.75) is 45.4 Å². The van der Waals surface area contributed by atoms with Crippen molar-refractivity contribution in [3.05, 3.63) is 40.7 Å². The average molecular weight is 412 g/mol. The summed E-state index contributed by atoms with van der Waals surface area (Å²) in [5.41, 5.74) is 2.90. The van der Waals surface area contributed by atoms with E-state index in [0.717, 1.165) is 46.8 Å². The zero-order valence-electron chi connectivity index (χ0n) is 16.7. The number of hydrogen-bond acceptors (Lipinski definition) is 5. The fraction of sp³-hybridized carbons (Fsp3) is 0.429. The molecule has 1 aliphatic heterocycles. The van der Waals surface area contributed by atoms with Crippen LogP contribution in [0.2, 0.25) is 0 Å². The highest BCUT2D eigenvalue weighted by Crippen LogP contribution is 2.27. The zero-order chi connectivity index (χ0) is 20.4. The van der Waals surface area contributed by atoms with Gasteiger partial charge in [0, 0.05) is 36.7 Å². The van der Waals surface area contributed by atoms with Gasteiger partial charge in [-0.3, -0.25) is 9.59 Å². The maximum absolute atomic E-state index is 12.7. The lowest BCUT2D eigenvalue weighted by atomic mass is 9.97. The Hall–Kier alpha value is -2.74. The van der Waals surface area contributed by atoms with E-state index in [2.05, 4.69) is 15.3 Å². The van der Waals surface area contributed by atoms with Crippen LogP contribution in [0.5, 0.6) is 0 Å². The van der Waals surface area contributed by atoms with Crippen molar-refractivity contribution in [1.82, 2.24) is 19.9 Å². The van der Waals surface area contributed by atoms with Crippen LogP contribution in [-0.2, 0) is 9.59 Å². The van der Waals surface area contributed by atoms with Crippen molar-refractivity contribution in [1.29, 1.82) is 0 Å². The first-order valence-electron chi connectivity index (χ1n) is 9.96. The quantitative estimate of drug-likeness (QED) is 0.669. The SMILES string of the molecule is Cc1nc(NC(=O)CCC(=O)N2CCC[C@@H](c3nc4ccccc4[nH]3)C2)sc1C. The number of aromatic amines is 1. The number of amides is 2. The van der Waals surface area contributed by atoms with Crippen molar-refractivity contribution < 1.29 is 9.59 Å². The summed E-state index contributed by atoms with van der Waals surface area (Å²) < 4.78 is 0. The Morgan fingerprint density at radius 2 is 2.07 bits per heavy atom. The van der Waals surface area contributed by atoms with Crippen LogP contribution in [0.4, 0.5) is 5.13 Å². The van der Waals surface area contributed by atoms with E-state index >= 15 is 0 Å². The lowest BCUT2D eigenvalue weighted by Gasteiger charge is -2.32. The molecule has 1 aromatic carbocycles. The van der Waals surface area contributed by atoms with Crippen LogP contribution in [0, 0.1) is 13.8 Å². The topological polar surface area (TPSA) is 91.0 Å². The van der Waals surface area contributed by atoms with Crippen LogP contribution < -0.4 is 5.32 Å². The molecule has 0 unspecified atom stereocenters. The first kappa shape index (κ1) is 19.6. The van der Waals surface area contributed by atoms with Crippen molar-refractivity contribution in [2.24, 2.45) is 0 Å². The summed E-state index contributed by atoms with van der Waals surface area (Å²) in [5, 5.41) is 3.39. The number of aryl methyl sites for hydroxylation is 2. The Morgan fingerprint density at radius 1 is 1.24 bits per heavy atom. The fourth-order valence-corrected chi connectivity index (χ4v) is 4.51. The van der Waals surface area contributed by atoms with Gasteiger partial charge >= 0.3 is 0 Å². The number of nitrogens with one attached hydrogen (secondary N) is 2. The van der Waals surface area contributed by atoms with Crippen molar-refractivity contribution in [2.75, 3.05) is 18.4 Å². The molecule has 0 spiro atoms. The number of aromatic nitrogens is 3. The van der Waals surface area contributed by atoms with Gasteiger partial charge in [0.15, 0.2) is 5.13 Å². The van der Waals surface area contributed by atoms with Crippen molar-refractivity contribution in [3.63, 3.8) is 0 Å². The van der Waals surface area contributed by atoms with E-state index in [-0.39, 0.29) is 30.6 Å². The molecule has 152 valence electrons. The Kier molecular flexibility index (Phi) is 5.62. The molecule has 1 aliphatic rings. The minimum absolute atomic E-state index is 0.0208. The van der Waals surface area contributed by atoms with Crippen LogP contribution in [0.25, 0.3) is 11.0 Å². The highest BCUT2D eigenvalue weighted by molar-refractivity contribution is 7.15. The molecule has 1 saturated heterocycles. The summed E-state index contributed by atoms with van der Waals surface area (Å²) in [6.45, 7) is 5.27. The molecule has 2 amide bonds. The van der Waals surface area contributed by atoms with Gasteiger partial charge in [-0.15, -0.1) is 11.3 Å². The summed E-state index contributed by atoms with van der Waals surface area (Å²) in [6, 6.07) is 7.97. The number of carbonyl (C=O) groups excluding carboxylic acids is 2. The maximum Gasteiger partial charge on any atom is 0.226 e. The summed E-state index contributed by atoms with van der Waals surface area (Å²) in [6.07, 6.45) is 2.33. The van der Waals surface area contributed by atoms with Crippen LogP contribution in [0.3, 0.4) is 0 Å². The molecule has 0 radical (unpaired) electrons. The largest absolute Gasteiger partial charge is 0.342 e. The Morgan fingerprint density at radius 3 is 2.83 bits per heavy atom. The van der Waals surface area contributed by atoms with Gasteiger partial charge < -0.3 is 15.2 Å². The number of imidazole rings is 1. The summed E-state index contributed by atoms with van der Waals surface area (Å²) >= 11 is 1.46. The molecule has 2 N–H and O–H groups in total. The molecule has 4 rings (SSSR count). The van der Waals surface area contributed by atoms with Crippen molar-refractivity contribution in [3.8, 4) is 0 Å². The molecule has 29 heavy (non-hydrogen) atoms. The summed E-state index contributed by atoms with van der Waals surface area (Å²) in [7, 11) is 0. The van der Waals surface area contributed by atoms with E-state index in [1.54, 1.807) is 0 Å². The number of thiazole rings is 1. The average Bonchev–Trinajstić information content (AvgIpc) is 3.29. The van der Waals surface area contributed by atoms with Gasteiger partial charge in [-0.05, 0) is 38.8 Å². The number of rotatable bonds is 5. The number of likely N-dealkylation sites (tertiary alicyclic amines) is 1. The number of carbonyl (C=O) groups is 2. The van der Waals surface area contributed by atoms with Gasteiger partial charge in [-0.25, -0.2) is 9.97 Å². The predicted octanol–water partition coefficient (Wildman–Crippen LogP) is 3.76. The fourth-order valence-electron chi connectivity index (χ4n) is 3.68. The number of piperidine rings is 1. The van der Waals surface area contributed by atoms with Gasteiger partial charge in [0.25, 0.3) is 0 Å². The standard InChI is InChI=1S/C21H25N5O2S/c1-13-14(2)29-21(22-13)25-18(27)9-10-19(28)26-11-5-6-15(12-26)20-23-16-7-3-4-8-17(16)24-20/h3-4,7-8,15H,5-6,9-12H2,1-2H3,(H,23,24)(H,22,25,27)/t15-/m1/s1. The number of para-hydroxylation sites is 2. The van der Waals surface area contributed by atoms with E-state index in [4.69, 9.17) is 4.98 Å². The third-order valence-corrected chi connectivity index (χ3v) is 6.40. The second-order valence-corrected chi connectivity index (χ2v) is 8.73. The third kappa shape index (κ3) is 4.48. The molecule has 0 aliphatic carbocycles. The predicted molar refractivity (Wildman–Crippen MR) is 114 cm³/mol. The van der Waals surface area contributed by atoms with Gasteiger partial charge in [-0.2, -0.15) is 0 Å². The van der Waals surface area contributed by atoms with Crippen LogP contribution in [0.15, 0.2) is 24.3 Å². The summed E-state index contributed by atoms with van der Waals surface area (Å²) in [4.78, 5) is 40.2. The maximum atomic E-state index is 12.7. The van der Waals surface area contributed by atoms with Crippen molar-refractivity contribution >= 4 is 39.3 Å². The third-order valence-electron chi connectivity index (χ3n) is 5.41. The highest BCUT2D eigenvalue weighted by Gasteiger charge is 2.27. The first-order chi connectivity index (χ1) is 14.0. The van der Waals surface area contributed by atoms with E-state index in [1.165, 1.54) is 11.3 Å². The molecule has 8 heteroatoms. The van der Waals surface area contributed by atoms with Gasteiger partial charge in [-0.1, -0.05) is 12.1 Å². The number of anilines is 1. The lowest BCUT2D eigenvalue weighted by molar-refractivity contribution is -0.134. The van der Waals surface area contributed by atoms with E-state index in [0.29, 0.717) is 11.7 Å². The summed E-state index contributed by atoms with van der Waals surface area (Å²) in [5.74, 6) is 0.997. The van der Waals surface area contributed by atoms with Gasteiger partial charge in [0.1, 0.15) is 5.82 Å². The minimum atomic E-state index is -0.169. The number of hydrogen-bond donors (Lipinski definition) is 2. The van der Waals surface area contributed by atoms with Crippen LogP contribution >= 0.6 is 11.3 Å². The van der Waals surface area contributed by atoms with E-state index in [9.17, 15) is 9.59 Å². The van der Waals surface area contributed by atoms with E-state index in [1.807, 2.05) is 43.0 Å². The molecule has 3 heterocycles.